The van der Waals surface area contributed by atoms with Crippen molar-refractivity contribution in [3.8, 4) is 0 Å². The maximum Gasteiger partial charge on any atom is 0.405 e. The molecule has 0 radical (unpaired) electrons. The second-order valence-electron chi connectivity index (χ2n) is 3.68. The van der Waals surface area contributed by atoms with Crippen molar-refractivity contribution in [1.82, 2.24) is 10.4 Å². The van der Waals surface area contributed by atoms with Crippen molar-refractivity contribution in [2.75, 3.05) is 6.54 Å². The lowest BCUT2D eigenvalue weighted by Crippen LogP contribution is -2.49. The molecule has 88 valence electrons. The molecule has 1 unspecified atom stereocenters. The van der Waals surface area contributed by atoms with Crippen LogP contribution in [0.3, 0.4) is 0 Å². The summed E-state index contributed by atoms with van der Waals surface area (Å²) in [5, 5.41) is 1.01. The highest BCUT2D eigenvalue weighted by Crippen LogP contribution is 2.28. The van der Waals surface area contributed by atoms with Crippen molar-refractivity contribution in [2.45, 2.75) is 44.8 Å². The SMILES string of the molecule is CCCCC(N1CCC(=O)N1)C(F)(F)F. The predicted octanol–water partition coefficient (Wildman–Crippen LogP) is 1.84. The molecule has 1 aliphatic rings. The number of carbonyl (C=O) groups is 1. The Hall–Kier alpha value is -0.780. The van der Waals surface area contributed by atoms with E-state index in [0.717, 1.165) is 5.01 Å². The monoisotopic (exact) mass is 224 g/mol. The third kappa shape index (κ3) is 3.37. The molecule has 0 aliphatic carbocycles. The predicted molar refractivity (Wildman–Crippen MR) is 48.8 cm³/mol. The smallest absolute Gasteiger partial charge is 0.288 e. The zero-order valence-corrected chi connectivity index (χ0v) is 8.60. The Morgan fingerprint density at radius 2 is 2.20 bits per heavy atom. The van der Waals surface area contributed by atoms with Gasteiger partial charge in [-0.05, 0) is 6.42 Å². The first-order chi connectivity index (χ1) is 6.95. The number of halogens is 3. The highest BCUT2D eigenvalue weighted by Gasteiger charge is 2.45. The van der Waals surface area contributed by atoms with Crippen LogP contribution in [0.4, 0.5) is 13.2 Å². The molecule has 1 heterocycles. The van der Waals surface area contributed by atoms with E-state index in [4.69, 9.17) is 0 Å². The fourth-order valence-corrected chi connectivity index (χ4v) is 1.62. The van der Waals surface area contributed by atoms with Gasteiger partial charge in [0, 0.05) is 13.0 Å². The standard InChI is InChI=1S/C9H15F3N2O/c1-2-3-4-7(9(10,11)12)14-6-5-8(15)13-14/h7H,2-6H2,1H3,(H,13,15). The molecule has 0 bridgehead atoms. The molecule has 6 heteroatoms. The highest BCUT2D eigenvalue weighted by molar-refractivity contribution is 5.77. The summed E-state index contributed by atoms with van der Waals surface area (Å²) in [4.78, 5) is 10.8. The molecule has 0 aromatic heterocycles. The van der Waals surface area contributed by atoms with Crippen molar-refractivity contribution in [2.24, 2.45) is 0 Å². The lowest BCUT2D eigenvalue weighted by atomic mass is 10.1. The molecular formula is C9H15F3N2O. The molecular weight excluding hydrogens is 209 g/mol. The van der Waals surface area contributed by atoms with Gasteiger partial charge in [-0.3, -0.25) is 10.2 Å². The van der Waals surface area contributed by atoms with Gasteiger partial charge >= 0.3 is 6.18 Å². The number of unbranched alkanes of at least 4 members (excludes halogenated alkanes) is 1. The Bertz CT molecular complexity index is 230. The molecule has 3 nitrogen and oxygen atoms in total. The minimum atomic E-state index is -4.27. The van der Waals surface area contributed by atoms with E-state index in [9.17, 15) is 18.0 Å². The molecule has 1 N–H and O–H groups in total. The van der Waals surface area contributed by atoms with E-state index >= 15 is 0 Å². The van der Waals surface area contributed by atoms with Gasteiger partial charge in [0.05, 0.1) is 0 Å². The molecule has 1 aliphatic heterocycles. The molecule has 0 spiro atoms. The minimum Gasteiger partial charge on any atom is -0.288 e. The molecule has 0 saturated carbocycles. The highest BCUT2D eigenvalue weighted by atomic mass is 19.4. The van der Waals surface area contributed by atoms with Crippen molar-refractivity contribution in [3.63, 3.8) is 0 Å². The lowest BCUT2D eigenvalue weighted by molar-refractivity contribution is -0.190. The van der Waals surface area contributed by atoms with Gasteiger partial charge in [-0.15, -0.1) is 0 Å². The van der Waals surface area contributed by atoms with Gasteiger partial charge in [0.15, 0.2) is 0 Å². The van der Waals surface area contributed by atoms with E-state index in [1.807, 2.05) is 6.92 Å². The number of nitrogens with one attached hydrogen (secondary N) is 1. The Balaban J connectivity index is 2.59. The molecule has 1 rings (SSSR count). The van der Waals surface area contributed by atoms with Gasteiger partial charge in [0.1, 0.15) is 6.04 Å². The summed E-state index contributed by atoms with van der Waals surface area (Å²) in [5.74, 6) is -0.333. The summed E-state index contributed by atoms with van der Waals surface area (Å²) in [5.41, 5.74) is 2.24. The fraction of sp³-hybridized carbons (Fsp3) is 0.889. The average Bonchev–Trinajstić information content (AvgIpc) is 2.50. The summed E-state index contributed by atoms with van der Waals surface area (Å²) in [6.45, 7) is 1.99. The van der Waals surface area contributed by atoms with Gasteiger partial charge in [-0.25, -0.2) is 5.01 Å². The van der Waals surface area contributed by atoms with E-state index in [2.05, 4.69) is 5.43 Å². The van der Waals surface area contributed by atoms with Crippen molar-refractivity contribution >= 4 is 5.91 Å². The summed E-state index contributed by atoms with van der Waals surface area (Å²) in [6, 6.07) is -1.54. The summed E-state index contributed by atoms with van der Waals surface area (Å²) >= 11 is 0. The van der Waals surface area contributed by atoms with Crippen LogP contribution in [0.2, 0.25) is 0 Å². The maximum absolute atomic E-state index is 12.6. The number of nitrogens with zero attached hydrogens (tertiary/aromatic N) is 1. The molecule has 0 aromatic carbocycles. The second kappa shape index (κ2) is 4.83. The van der Waals surface area contributed by atoms with E-state index < -0.39 is 12.2 Å². The van der Waals surface area contributed by atoms with Crippen molar-refractivity contribution < 1.29 is 18.0 Å². The van der Waals surface area contributed by atoms with Crippen molar-refractivity contribution in [1.29, 1.82) is 0 Å². The van der Waals surface area contributed by atoms with Crippen LogP contribution in [0.25, 0.3) is 0 Å². The zero-order chi connectivity index (χ0) is 11.5. The number of rotatable bonds is 4. The van der Waals surface area contributed by atoms with Gasteiger partial charge < -0.3 is 0 Å². The molecule has 1 amide bonds. The fourth-order valence-electron chi connectivity index (χ4n) is 1.62. The maximum atomic E-state index is 12.6. The van der Waals surface area contributed by atoms with Gasteiger partial charge in [-0.2, -0.15) is 13.2 Å². The quantitative estimate of drug-likeness (QED) is 0.790. The molecule has 1 atom stereocenters. The van der Waals surface area contributed by atoms with Crippen LogP contribution < -0.4 is 5.43 Å². The summed E-state index contributed by atoms with van der Waals surface area (Å²) < 4.78 is 37.9. The molecule has 0 aromatic rings. The van der Waals surface area contributed by atoms with Gasteiger partial charge in [0.25, 0.3) is 0 Å². The van der Waals surface area contributed by atoms with Gasteiger partial charge in [0.2, 0.25) is 5.91 Å². The van der Waals surface area contributed by atoms with Crippen LogP contribution in [-0.4, -0.2) is 29.7 Å². The van der Waals surface area contributed by atoms with E-state index in [1.165, 1.54) is 0 Å². The Morgan fingerprint density at radius 3 is 2.60 bits per heavy atom. The number of hydrogen-bond donors (Lipinski definition) is 1. The number of alkyl halides is 3. The molecule has 1 fully saturated rings. The Kier molecular flexibility index (Phi) is 3.96. The second-order valence-corrected chi connectivity index (χ2v) is 3.68. The van der Waals surface area contributed by atoms with Gasteiger partial charge in [-0.1, -0.05) is 19.8 Å². The first kappa shape index (κ1) is 12.3. The Labute approximate surface area is 86.6 Å². The minimum absolute atomic E-state index is 0.0419. The van der Waals surface area contributed by atoms with Crippen LogP contribution in [-0.2, 0) is 4.79 Å². The van der Waals surface area contributed by atoms with Crippen LogP contribution in [0.15, 0.2) is 0 Å². The first-order valence-corrected chi connectivity index (χ1v) is 5.08. The number of hydrazine groups is 1. The third-order valence-corrected chi connectivity index (χ3v) is 2.43. The Morgan fingerprint density at radius 1 is 1.53 bits per heavy atom. The number of amides is 1. The van der Waals surface area contributed by atoms with E-state index in [0.29, 0.717) is 12.8 Å². The van der Waals surface area contributed by atoms with E-state index in [1.54, 1.807) is 0 Å². The number of hydrogen-bond acceptors (Lipinski definition) is 2. The molecule has 15 heavy (non-hydrogen) atoms. The number of carbonyl (C=O) groups excluding carboxylic acids is 1. The largest absolute Gasteiger partial charge is 0.405 e. The average molecular weight is 224 g/mol. The normalized spacial score (nSPS) is 20.4. The topological polar surface area (TPSA) is 32.3 Å². The first-order valence-electron chi connectivity index (χ1n) is 5.08. The summed E-state index contributed by atoms with van der Waals surface area (Å²) in [6.07, 6.45) is -2.85. The molecule has 1 saturated heterocycles. The van der Waals surface area contributed by atoms with Crippen molar-refractivity contribution in [3.05, 3.63) is 0 Å². The summed E-state index contributed by atoms with van der Waals surface area (Å²) in [7, 11) is 0. The zero-order valence-electron chi connectivity index (χ0n) is 8.60. The van der Waals surface area contributed by atoms with Crippen LogP contribution in [0.5, 0.6) is 0 Å². The van der Waals surface area contributed by atoms with Crippen LogP contribution in [0, 0.1) is 0 Å². The van der Waals surface area contributed by atoms with Crippen LogP contribution >= 0.6 is 0 Å². The lowest BCUT2D eigenvalue weighted by Gasteiger charge is -2.28. The van der Waals surface area contributed by atoms with Crippen LogP contribution in [0.1, 0.15) is 32.6 Å². The third-order valence-electron chi connectivity index (χ3n) is 2.43. The van der Waals surface area contributed by atoms with E-state index in [-0.39, 0.29) is 25.3 Å².